The Balaban J connectivity index is 1.51. The van der Waals surface area contributed by atoms with E-state index in [1.54, 1.807) is 0 Å². The molecule has 26 heavy (non-hydrogen) atoms. The molecule has 4 heteroatoms. The van der Waals surface area contributed by atoms with Crippen molar-refractivity contribution in [2.75, 3.05) is 13.2 Å². The van der Waals surface area contributed by atoms with Gasteiger partial charge in [-0.2, -0.15) is 0 Å². The molecule has 4 nitrogen and oxygen atoms in total. The van der Waals surface area contributed by atoms with Gasteiger partial charge in [-0.15, -0.1) is 0 Å². The Bertz CT molecular complexity index is 403. The van der Waals surface area contributed by atoms with Crippen LogP contribution in [0.4, 0.5) is 0 Å². The average molecular weight is 367 g/mol. The summed E-state index contributed by atoms with van der Waals surface area (Å²) in [6.07, 6.45) is 14.4. The van der Waals surface area contributed by atoms with Gasteiger partial charge in [0.1, 0.15) is 0 Å². The van der Waals surface area contributed by atoms with Crippen LogP contribution in [0, 0.1) is 10.8 Å². The molecule has 0 spiro atoms. The Kier molecular flexibility index (Phi) is 8.43. The molecule has 0 aliphatic heterocycles. The van der Waals surface area contributed by atoms with Gasteiger partial charge >= 0.3 is 11.9 Å². The molecule has 0 amide bonds. The summed E-state index contributed by atoms with van der Waals surface area (Å²) in [5, 5.41) is 0. The van der Waals surface area contributed by atoms with E-state index in [-0.39, 0.29) is 22.8 Å². The first-order valence-electron chi connectivity index (χ1n) is 10.7. The van der Waals surface area contributed by atoms with Crippen LogP contribution >= 0.6 is 0 Å². The van der Waals surface area contributed by atoms with Crippen LogP contribution in [0.2, 0.25) is 0 Å². The van der Waals surface area contributed by atoms with Crippen molar-refractivity contribution in [3.8, 4) is 0 Å². The third-order valence-electron chi connectivity index (χ3n) is 6.30. The zero-order valence-corrected chi connectivity index (χ0v) is 16.9. The van der Waals surface area contributed by atoms with Gasteiger partial charge in [0, 0.05) is 23.7 Å². The number of unbranched alkanes of at least 4 members (excludes halogenated alkanes) is 1. The highest BCUT2D eigenvalue weighted by atomic mass is 16.5. The first-order chi connectivity index (χ1) is 12.4. The predicted octanol–water partition coefficient (Wildman–Crippen LogP) is 5.57. The number of ether oxygens (including phenoxy) is 2. The fourth-order valence-electron chi connectivity index (χ4n) is 4.29. The lowest BCUT2D eigenvalue weighted by Gasteiger charge is -2.32. The summed E-state index contributed by atoms with van der Waals surface area (Å²) >= 11 is 0. The smallest absolute Gasteiger partial charge is 0.305 e. The summed E-state index contributed by atoms with van der Waals surface area (Å²) in [6, 6.07) is 0. The number of esters is 2. The quantitative estimate of drug-likeness (QED) is 0.395. The monoisotopic (exact) mass is 366 g/mol. The van der Waals surface area contributed by atoms with Crippen molar-refractivity contribution in [1.82, 2.24) is 0 Å². The molecular weight excluding hydrogens is 328 g/mol. The van der Waals surface area contributed by atoms with E-state index in [1.807, 2.05) is 0 Å². The first-order valence-corrected chi connectivity index (χ1v) is 10.7. The Hall–Kier alpha value is -1.06. The molecule has 0 unspecified atom stereocenters. The van der Waals surface area contributed by atoms with Gasteiger partial charge in [0.15, 0.2) is 0 Å². The van der Waals surface area contributed by atoms with E-state index in [0.717, 1.165) is 25.7 Å². The van der Waals surface area contributed by atoms with Crippen molar-refractivity contribution in [2.45, 2.75) is 104 Å². The van der Waals surface area contributed by atoms with Crippen molar-refractivity contribution in [1.29, 1.82) is 0 Å². The maximum absolute atomic E-state index is 11.9. The lowest BCUT2D eigenvalue weighted by atomic mass is 9.76. The molecule has 2 rings (SSSR count). The summed E-state index contributed by atoms with van der Waals surface area (Å²) in [7, 11) is 0. The number of carbonyl (C=O) groups is 2. The SMILES string of the molecule is CC1(COC(=O)CCCCC(=O)OCC2(C)CCCCC2)CCCCC1. The van der Waals surface area contributed by atoms with E-state index in [0.29, 0.717) is 38.9 Å². The zero-order valence-electron chi connectivity index (χ0n) is 16.9. The number of hydrogen-bond acceptors (Lipinski definition) is 4. The Labute approximate surface area is 159 Å². The van der Waals surface area contributed by atoms with E-state index in [1.165, 1.54) is 38.5 Å². The number of hydrogen-bond donors (Lipinski definition) is 0. The van der Waals surface area contributed by atoms with Gasteiger partial charge in [0.2, 0.25) is 0 Å². The normalized spacial score (nSPS) is 21.8. The van der Waals surface area contributed by atoms with Crippen LogP contribution in [0.3, 0.4) is 0 Å². The van der Waals surface area contributed by atoms with Crippen molar-refractivity contribution in [3.63, 3.8) is 0 Å². The van der Waals surface area contributed by atoms with Gasteiger partial charge < -0.3 is 9.47 Å². The van der Waals surface area contributed by atoms with Crippen LogP contribution in [-0.4, -0.2) is 25.2 Å². The van der Waals surface area contributed by atoms with Gasteiger partial charge in [-0.1, -0.05) is 52.4 Å². The summed E-state index contributed by atoms with van der Waals surface area (Å²) in [5.41, 5.74) is 0.347. The highest BCUT2D eigenvalue weighted by molar-refractivity contribution is 5.70. The van der Waals surface area contributed by atoms with Gasteiger partial charge in [-0.05, 0) is 38.5 Å². The molecule has 0 radical (unpaired) electrons. The average Bonchev–Trinajstić information content (AvgIpc) is 2.63. The maximum atomic E-state index is 11.9. The second-order valence-corrected chi connectivity index (χ2v) is 9.27. The minimum absolute atomic E-state index is 0.125. The summed E-state index contributed by atoms with van der Waals surface area (Å²) in [4.78, 5) is 23.8. The van der Waals surface area contributed by atoms with Gasteiger partial charge in [-0.3, -0.25) is 9.59 Å². The zero-order chi connectivity index (χ0) is 18.9. The standard InChI is InChI=1S/C22H38O4/c1-21(13-7-3-8-14-21)17-25-19(23)11-5-6-12-20(24)26-18-22(2)15-9-4-10-16-22/h3-18H2,1-2H3. The van der Waals surface area contributed by atoms with Gasteiger partial charge in [0.05, 0.1) is 13.2 Å². The molecule has 0 aromatic heterocycles. The van der Waals surface area contributed by atoms with Crippen molar-refractivity contribution in [3.05, 3.63) is 0 Å². The van der Waals surface area contributed by atoms with Crippen LogP contribution < -0.4 is 0 Å². The molecule has 0 atom stereocenters. The fraction of sp³-hybridized carbons (Fsp3) is 0.909. The molecule has 0 saturated heterocycles. The van der Waals surface area contributed by atoms with E-state index in [9.17, 15) is 9.59 Å². The Morgan fingerprint density at radius 3 is 1.35 bits per heavy atom. The van der Waals surface area contributed by atoms with Crippen LogP contribution in [0.1, 0.15) is 104 Å². The molecule has 2 fully saturated rings. The van der Waals surface area contributed by atoms with E-state index in [2.05, 4.69) is 13.8 Å². The van der Waals surface area contributed by atoms with E-state index >= 15 is 0 Å². The summed E-state index contributed by atoms with van der Waals surface area (Å²) in [5.74, 6) is -0.250. The molecule has 0 heterocycles. The highest BCUT2D eigenvalue weighted by Crippen LogP contribution is 2.36. The summed E-state index contributed by atoms with van der Waals surface area (Å²) in [6.45, 7) is 5.55. The second-order valence-electron chi connectivity index (χ2n) is 9.27. The topological polar surface area (TPSA) is 52.6 Å². The Morgan fingerprint density at radius 1 is 0.654 bits per heavy atom. The largest absolute Gasteiger partial charge is 0.465 e. The lowest BCUT2D eigenvalue weighted by Crippen LogP contribution is -2.27. The molecule has 0 N–H and O–H groups in total. The van der Waals surface area contributed by atoms with Crippen molar-refractivity contribution >= 4 is 11.9 Å². The van der Waals surface area contributed by atoms with Crippen LogP contribution in [-0.2, 0) is 19.1 Å². The van der Waals surface area contributed by atoms with Crippen molar-refractivity contribution < 1.29 is 19.1 Å². The second kappa shape index (κ2) is 10.3. The minimum Gasteiger partial charge on any atom is -0.465 e. The minimum atomic E-state index is -0.125. The molecule has 0 bridgehead atoms. The molecule has 2 aliphatic carbocycles. The third-order valence-corrected chi connectivity index (χ3v) is 6.30. The van der Waals surface area contributed by atoms with Gasteiger partial charge in [-0.25, -0.2) is 0 Å². The number of carbonyl (C=O) groups excluding carboxylic acids is 2. The molecule has 0 aromatic carbocycles. The fourth-order valence-corrected chi connectivity index (χ4v) is 4.29. The van der Waals surface area contributed by atoms with E-state index < -0.39 is 0 Å². The molecule has 2 aliphatic rings. The van der Waals surface area contributed by atoms with Crippen LogP contribution in [0.5, 0.6) is 0 Å². The molecule has 150 valence electrons. The summed E-state index contributed by atoms with van der Waals surface area (Å²) < 4.78 is 11.0. The molecular formula is C22H38O4. The van der Waals surface area contributed by atoms with Crippen LogP contribution in [0.25, 0.3) is 0 Å². The predicted molar refractivity (Wildman–Crippen MR) is 103 cm³/mol. The van der Waals surface area contributed by atoms with Gasteiger partial charge in [0.25, 0.3) is 0 Å². The lowest BCUT2D eigenvalue weighted by molar-refractivity contribution is -0.150. The van der Waals surface area contributed by atoms with E-state index in [4.69, 9.17) is 9.47 Å². The Morgan fingerprint density at radius 2 is 1.00 bits per heavy atom. The molecule has 2 saturated carbocycles. The highest BCUT2D eigenvalue weighted by Gasteiger charge is 2.29. The number of rotatable bonds is 9. The maximum Gasteiger partial charge on any atom is 0.305 e. The third kappa shape index (κ3) is 7.67. The van der Waals surface area contributed by atoms with Crippen LogP contribution in [0.15, 0.2) is 0 Å². The first kappa shape index (κ1) is 21.2. The molecule has 0 aromatic rings. The van der Waals surface area contributed by atoms with Crippen molar-refractivity contribution in [2.24, 2.45) is 10.8 Å².